The van der Waals surface area contributed by atoms with Crippen LogP contribution in [0, 0.1) is 5.92 Å². The summed E-state index contributed by atoms with van der Waals surface area (Å²) in [6.07, 6.45) is 12.0. The van der Waals surface area contributed by atoms with Crippen LogP contribution in [0.1, 0.15) is 64.7 Å². The molecule has 96 valence electrons. The highest BCUT2D eigenvalue weighted by molar-refractivity contribution is 4.76. The molecule has 2 atom stereocenters. The Bertz CT molecular complexity index is 161. The highest BCUT2D eigenvalue weighted by Crippen LogP contribution is 2.20. The molecule has 1 saturated heterocycles. The van der Waals surface area contributed by atoms with Crippen molar-refractivity contribution >= 4 is 0 Å². The zero-order chi connectivity index (χ0) is 11.6. The lowest BCUT2D eigenvalue weighted by Gasteiger charge is -2.28. The molecule has 2 N–H and O–H groups in total. The normalized spacial score (nSPS) is 25.9. The van der Waals surface area contributed by atoms with Crippen molar-refractivity contribution in [3.8, 4) is 0 Å². The Labute approximate surface area is 101 Å². The molecular weight excluding hydrogens is 198 g/mol. The fourth-order valence-corrected chi connectivity index (χ4v) is 2.47. The van der Waals surface area contributed by atoms with Crippen LogP contribution in [0.5, 0.6) is 0 Å². The van der Waals surface area contributed by atoms with Crippen LogP contribution < -0.4 is 5.73 Å². The molecule has 1 fully saturated rings. The molecule has 0 aromatic carbocycles. The van der Waals surface area contributed by atoms with Crippen LogP contribution in [0.3, 0.4) is 0 Å². The van der Waals surface area contributed by atoms with E-state index in [-0.39, 0.29) is 0 Å². The van der Waals surface area contributed by atoms with E-state index in [4.69, 9.17) is 10.5 Å². The molecule has 0 radical (unpaired) electrons. The van der Waals surface area contributed by atoms with E-state index >= 15 is 0 Å². The first-order valence-corrected chi connectivity index (χ1v) is 7.18. The number of nitrogens with two attached hydrogens (primary N) is 1. The van der Waals surface area contributed by atoms with Gasteiger partial charge in [-0.1, -0.05) is 51.9 Å². The largest absolute Gasteiger partial charge is 0.381 e. The highest BCUT2D eigenvalue weighted by atomic mass is 16.5. The van der Waals surface area contributed by atoms with Crippen LogP contribution in [-0.4, -0.2) is 19.3 Å². The molecule has 0 aromatic rings. The Balaban J connectivity index is 1.90. The summed E-state index contributed by atoms with van der Waals surface area (Å²) >= 11 is 0. The van der Waals surface area contributed by atoms with Gasteiger partial charge in [-0.05, 0) is 18.8 Å². The Morgan fingerprint density at radius 2 is 1.75 bits per heavy atom. The SMILES string of the molecule is CCCCCCCCCC1COCCC1N. The molecule has 16 heavy (non-hydrogen) atoms. The van der Waals surface area contributed by atoms with Crippen LogP contribution in [0.2, 0.25) is 0 Å². The van der Waals surface area contributed by atoms with Crippen molar-refractivity contribution in [2.45, 2.75) is 70.8 Å². The lowest BCUT2D eigenvalue weighted by atomic mass is 9.91. The summed E-state index contributed by atoms with van der Waals surface area (Å²) < 4.78 is 5.48. The molecule has 0 amide bonds. The quantitative estimate of drug-likeness (QED) is 0.644. The molecule has 0 aromatic heterocycles. The van der Waals surface area contributed by atoms with Crippen molar-refractivity contribution in [1.29, 1.82) is 0 Å². The minimum Gasteiger partial charge on any atom is -0.381 e. The van der Waals surface area contributed by atoms with E-state index in [0.717, 1.165) is 19.6 Å². The van der Waals surface area contributed by atoms with E-state index in [9.17, 15) is 0 Å². The number of ether oxygens (including phenoxy) is 1. The van der Waals surface area contributed by atoms with Crippen molar-refractivity contribution < 1.29 is 4.74 Å². The summed E-state index contributed by atoms with van der Waals surface area (Å²) in [5.74, 6) is 0.629. The van der Waals surface area contributed by atoms with Gasteiger partial charge < -0.3 is 10.5 Å². The summed E-state index contributed by atoms with van der Waals surface area (Å²) in [6.45, 7) is 4.04. The van der Waals surface area contributed by atoms with Crippen LogP contribution in [0.15, 0.2) is 0 Å². The number of rotatable bonds is 8. The number of unbranched alkanes of at least 4 members (excludes halogenated alkanes) is 6. The van der Waals surface area contributed by atoms with Crippen molar-refractivity contribution in [1.82, 2.24) is 0 Å². The summed E-state index contributed by atoms with van der Waals surface area (Å²) in [6, 6.07) is 0.397. The Kier molecular flexibility index (Phi) is 7.87. The van der Waals surface area contributed by atoms with E-state index in [1.165, 1.54) is 51.4 Å². The second-order valence-corrected chi connectivity index (χ2v) is 5.20. The van der Waals surface area contributed by atoms with Crippen molar-refractivity contribution in [3.05, 3.63) is 0 Å². The van der Waals surface area contributed by atoms with E-state index in [1.54, 1.807) is 0 Å². The smallest absolute Gasteiger partial charge is 0.0509 e. The minimum absolute atomic E-state index is 0.397. The topological polar surface area (TPSA) is 35.2 Å². The van der Waals surface area contributed by atoms with Gasteiger partial charge >= 0.3 is 0 Å². The van der Waals surface area contributed by atoms with E-state index in [1.807, 2.05) is 0 Å². The summed E-state index contributed by atoms with van der Waals surface area (Å²) in [5, 5.41) is 0. The van der Waals surface area contributed by atoms with Crippen LogP contribution in [-0.2, 0) is 4.74 Å². The third kappa shape index (κ3) is 5.86. The standard InChI is InChI=1S/C14H29NO/c1-2-3-4-5-6-7-8-9-13-12-16-11-10-14(13)15/h13-14H,2-12,15H2,1H3. The van der Waals surface area contributed by atoms with Gasteiger partial charge in [0, 0.05) is 12.6 Å². The third-order valence-electron chi connectivity index (χ3n) is 3.71. The molecule has 1 aliphatic heterocycles. The maximum Gasteiger partial charge on any atom is 0.0509 e. The van der Waals surface area contributed by atoms with Gasteiger partial charge in [0.1, 0.15) is 0 Å². The Morgan fingerprint density at radius 1 is 1.06 bits per heavy atom. The molecule has 1 aliphatic rings. The van der Waals surface area contributed by atoms with Gasteiger partial charge in [-0.2, -0.15) is 0 Å². The summed E-state index contributed by atoms with van der Waals surface area (Å²) in [5.41, 5.74) is 6.08. The van der Waals surface area contributed by atoms with Gasteiger partial charge in [0.15, 0.2) is 0 Å². The average Bonchev–Trinajstić information content (AvgIpc) is 2.30. The van der Waals surface area contributed by atoms with E-state index in [2.05, 4.69) is 6.92 Å². The van der Waals surface area contributed by atoms with Gasteiger partial charge in [0.25, 0.3) is 0 Å². The highest BCUT2D eigenvalue weighted by Gasteiger charge is 2.21. The second-order valence-electron chi connectivity index (χ2n) is 5.20. The maximum absolute atomic E-state index is 6.08. The van der Waals surface area contributed by atoms with E-state index < -0.39 is 0 Å². The van der Waals surface area contributed by atoms with Crippen molar-refractivity contribution in [2.75, 3.05) is 13.2 Å². The van der Waals surface area contributed by atoms with Crippen LogP contribution in [0.25, 0.3) is 0 Å². The van der Waals surface area contributed by atoms with Crippen LogP contribution in [0.4, 0.5) is 0 Å². The lowest BCUT2D eigenvalue weighted by Crippen LogP contribution is -2.38. The van der Waals surface area contributed by atoms with Gasteiger partial charge in [0.2, 0.25) is 0 Å². The molecule has 2 heteroatoms. The molecule has 1 heterocycles. The Hall–Kier alpha value is -0.0800. The average molecular weight is 227 g/mol. The molecule has 0 aliphatic carbocycles. The van der Waals surface area contributed by atoms with Crippen molar-refractivity contribution in [3.63, 3.8) is 0 Å². The fraction of sp³-hybridized carbons (Fsp3) is 1.00. The third-order valence-corrected chi connectivity index (χ3v) is 3.71. The molecule has 0 bridgehead atoms. The monoisotopic (exact) mass is 227 g/mol. The first kappa shape index (κ1) is 14.0. The molecule has 1 rings (SSSR count). The van der Waals surface area contributed by atoms with Gasteiger partial charge in [-0.3, -0.25) is 0 Å². The number of hydrogen-bond donors (Lipinski definition) is 1. The molecule has 0 saturated carbocycles. The molecule has 0 spiro atoms. The minimum atomic E-state index is 0.397. The van der Waals surface area contributed by atoms with E-state index in [0.29, 0.717) is 12.0 Å². The zero-order valence-corrected chi connectivity index (χ0v) is 10.9. The first-order chi connectivity index (χ1) is 7.84. The molecule has 2 unspecified atom stereocenters. The predicted molar refractivity (Wildman–Crippen MR) is 69.5 cm³/mol. The van der Waals surface area contributed by atoms with Gasteiger partial charge in [-0.25, -0.2) is 0 Å². The summed E-state index contributed by atoms with van der Waals surface area (Å²) in [7, 11) is 0. The zero-order valence-electron chi connectivity index (χ0n) is 10.9. The Morgan fingerprint density at radius 3 is 2.44 bits per heavy atom. The van der Waals surface area contributed by atoms with Crippen molar-refractivity contribution in [2.24, 2.45) is 11.7 Å². The molecule has 2 nitrogen and oxygen atoms in total. The second kappa shape index (κ2) is 9.00. The maximum atomic E-state index is 6.08. The van der Waals surface area contributed by atoms with Crippen LogP contribution >= 0.6 is 0 Å². The van der Waals surface area contributed by atoms with Gasteiger partial charge in [0.05, 0.1) is 6.61 Å². The van der Waals surface area contributed by atoms with Gasteiger partial charge in [-0.15, -0.1) is 0 Å². The molecular formula is C14H29NO. The number of hydrogen-bond acceptors (Lipinski definition) is 2. The fourth-order valence-electron chi connectivity index (χ4n) is 2.47. The lowest BCUT2D eigenvalue weighted by molar-refractivity contribution is 0.0378. The summed E-state index contributed by atoms with van der Waals surface area (Å²) in [4.78, 5) is 0. The predicted octanol–water partition coefficient (Wildman–Crippen LogP) is 3.49. The first-order valence-electron chi connectivity index (χ1n) is 7.18.